The fourth-order valence-electron chi connectivity index (χ4n) is 1.31. The second-order valence-corrected chi connectivity index (χ2v) is 4.62. The third-order valence-corrected chi connectivity index (χ3v) is 2.28. The van der Waals surface area contributed by atoms with Gasteiger partial charge in [0.1, 0.15) is 5.54 Å². The number of hydrogen-bond donors (Lipinski definition) is 3. The third-order valence-electron chi connectivity index (χ3n) is 2.28. The lowest BCUT2D eigenvalue weighted by atomic mass is 9.97. The average molecular weight is 230 g/mol. The van der Waals surface area contributed by atoms with Gasteiger partial charge in [0, 0.05) is 6.54 Å². The lowest BCUT2D eigenvalue weighted by Gasteiger charge is -2.26. The molecule has 5 heteroatoms. The van der Waals surface area contributed by atoms with Gasteiger partial charge in [-0.05, 0) is 19.3 Å². The number of carboxylic acids is 1. The summed E-state index contributed by atoms with van der Waals surface area (Å²) in [7, 11) is 0. The van der Waals surface area contributed by atoms with Crippen LogP contribution < -0.4 is 10.6 Å². The van der Waals surface area contributed by atoms with Gasteiger partial charge in [-0.1, -0.05) is 27.2 Å². The molecule has 0 saturated heterocycles. The normalized spacial score (nSPS) is 14.3. The van der Waals surface area contributed by atoms with E-state index in [0.717, 1.165) is 0 Å². The summed E-state index contributed by atoms with van der Waals surface area (Å²) in [4.78, 5) is 22.5. The topological polar surface area (TPSA) is 78.4 Å². The van der Waals surface area contributed by atoms with E-state index in [1.54, 1.807) is 0 Å². The first-order valence-corrected chi connectivity index (χ1v) is 5.61. The number of hydrogen-bond acceptors (Lipinski definition) is 2. The Morgan fingerprint density at radius 2 is 1.94 bits per heavy atom. The lowest BCUT2D eigenvalue weighted by molar-refractivity contribution is -0.144. The maximum absolute atomic E-state index is 11.5. The standard InChI is InChI=1S/C11H22N2O3/c1-5-6-11(4,9(14)15)13-10(16)12-7-8(2)3/h8H,5-7H2,1-4H3,(H,14,15)(H2,12,13,16). The molecule has 1 unspecified atom stereocenters. The Morgan fingerprint density at radius 1 is 1.38 bits per heavy atom. The summed E-state index contributed by atoms with van der Waals surface area (Å²) in [6.45, 7) is 7.89. The van der Waals surface area contributed by atoms with Gasteiger partial charge >= 0.3 is 12.0 Å². The maximum Gasteiger partial charge on any atom is 0.329 e. The first-order chi connectivity index (χ1) is 7.31. The number of aliphatic carboxylic acids is 1. The van der Waals surface area contributed by atoms with Crippen LogP contribution in [0.5, 0.6) is 0 Å². The molecule has 0 aromatic heterocycles. The van der Waals surface area contributed by atoms with E-state index >= 15 is 0 Å². The number of carbonyl (C=O) groups is 2. The van der Waals surface area contributed by atoms with Gasteiger partial charge < -0.3 is 15.7 Å². The van der Waals surface area contributed by atoms with E-state index in [4.69, 9.17) is 5.11 Å². The van der Waals surface area contributed by atoms with Crippen molar-refractivity contribution in [3.05, 3.63) is 0 Å². The molecule has 94 valence electrons. The highest BCUT2D eigenvalue weighted by Gasteiger charge is 2.33. The van der Waals surface area contributed by atoms with Crippen molar-refractivity contribution in [3.63, 3.8) is 0 Å². The molecule has 0 aromatic rings. The molecule has 5 nitrogen and oxygen atoms in total. The van der Waals surface area contributed by atoms with E-state index in [0.29, 0.717) is 25.3 Å². The first-order valence-electron chi connectivity index (χ1n) is 5.61. The molecule has 0 radical (unpaired) electrons. The van der Waals surface area contributed by atoms with Gasteiger partial charge in [0.2, 0.25) is 0 Å². The summed E-state index contributed by atoms with van der Waals surface area (Å²) in [6.07, 6.45) is 1.12. The zero-order valence-electron chi connectivity index (χ0n) is 10.5. The summed E-state index contributed by atoms with van der Waals surface area (Å²) in [5.41, 5.74) is -1.18. The van der Waals surface area contributed by atoms with Crippen molar-refractivity contribution >= 4 is 12.0 Å². The van der Waals surface area contributed by atoms with Crippen molar-refractivity contribution in [3.8, 4) is 0 Å². The van der Waals surface area contributed by atoms with Gasteiger partial charge in [-0.25, -0.2) is 9.59 Å². The van der Waals surface area contributed by atoms with Crippen LogP contribution in [0.4, 0.5) is 4.79 Å². The van der Waals surface area contributed by atoms with Crippen molar-refractivity contribution in [2.45, 2.75) is 46.1 Å². The zero-order chi connectivity index (χ0) is 12.8. The van der Waals surface area contributed by atoms with Crippen molar-refractivity contribution in [2.24, 2.45) is 5.92 Å². The summed E-state index contributed by atoms with van der Waals surface area (Å²) >= 11 is 0. The van der Waals surface area contributed by atoms with E-state index in [2.05, 4.69) is 10.6 Å². The van der Waals surface area contributed by atoms with Crippen LogP contribution in [-0.2, 0) is 4.79 Å². The highest BCUT2D eigenvalue weighted by atomic mass is 16.4. The van der Waals surface area contributed by atoms with Crippen LogP contribution in [0.1, 0.15) is 40.5 Å². The minimum atomic E-state index is -1.18. The van der Waals surface area contributed by atoms with E-state index in [-0.39, 0.29) is 0 Å². The lowest BCUT2D eigenvalue weighted by Crippen LogP contribution is -2.55. The Hall–Kier alpha value is -1.26. The molecule has 0 rings (SSSR count). The number of nitrogens with one attached hydrogen (secondary N) is 2. The van der Waals surface area contributed by atoms with Crippen LogP contribution in [0.25, 0.3) is 0 Å². The highest BCUT2D eigenvalue weighted by Crippen LogP contribution is 2.12. The van der Waals surface area contributed by atoms with Crippen LogP contribution in [-0.4, -0.2) is 29.2 Å². The van der Waals surface area contributed by atoms with Crippen molar-refractivity contribution < 1.29 is 14.7 Å². The SMILES string of the molecule is CCCC(C)(NC(=O)NCC(C)C)C(=O)O. The Balaban J connectivity index is 4.30. The predicted octanol–water partition coefficient (Wildman–Crippen LogP) is 1.58. The summed E-state index contributed by atoms with van der Waals surface area (Å²) < 4.78 is 0. The minimum Gasteiger partial charge on any atom is -0.480 e. The third kappa shape index (κ3) is 5.00. The van der Waals surface area contributed by atoms with Crippen LogP contribution in [0.2, 0.25) is 0 Å². The summed E-state index contributed by atoms with van der Waals surface area (Å²) in [6, 6.07) is -0.424. The van der Waals surface area contributed by atoms with Crippen molar-refractivity contribution in [2.75, 3.05) is 6.54 Å². The Morgan fingerprint density at radius 3 is 2.31 bits per heavy atom. The van der Waals surface area contributed by atoms with Gasteiger partial charge in [0.15, 0.2) is 0 Å². The summed E-state index contributed by atoms with van der Waals surface area (Å²) in [5.74, 6) is -0.665. The van der Waals surface area contributed by atoms with Gasteiger partial charge in [-0.3, -0.25) is 0 Å². The van der Waals surface area contributed by atoms with Gasteiger partial charge in [-0.15, -0.1) is 0 Å². The van der Waals surface area contributed by atoms with Crippen LogP contribution in [0.3, 0.4) is 0 Å². The molecule has 2 amide bonds. The molecule has 0 aliphatic heterocycles. The molecule has 0 aliphatic rings. The smallest absolute Gasteiger partial charge is 0.329 e. The fraction of sp³-hybridized carbons (Fsp3) is 0.818. The number of rotatable bonds is 6. The largest absolute Gasteiger partial charge is 0.480 e. The molecule has 0 fully saturated rings. The van der Waals surface area contributed by atoms with E-state index < -0.39 is 17.5 Å². The van der Waals surface area contributed by atoms with Crippen LogP contribution >= 0.6 is 0 Å². The predicted molar refractivity (Wildman–Crippen MR) is 62.3 cm³/mol. The number of carbonyl (C=O) groups excluding carboxylic acids is 1. The zero-order valence-corrected chi connectivity index (χ0v) is 10.5. The molecule has 0 saturated carbocycles. The van der Waals surface area contributed by atoms with Crippen LogP contribution in [0.15, 0.2) is 0 Å². The van der Waals surface area contributed by atoms with Crippen molar-refractivity contribution in [1.29, 1.82) is 0 Å². The molecule has 16 heavy (non-hydrogen) atoms. The second kappa shape index (κ2) is 6.35. The monoisotopic (exact) mass is 230 g/mol. The Labute approximate surface area is 96.6 Å². The fourth-order valence-corrected chi connectivity index (χ4v) is 1.31. The van der Waals surface area contributed by atoms with Gasteiger partial charge in [-0.2, -0.15) is 0 Å². The Bertz CT molecular complexity index is 254. The van der Waals surface area contributed by atoms with Crippen molar-refractivity contribution in [1.82, 2.24) is 10.6 Å². The van der Waals surface area contributed by atoms with E-state index in [1.807, 2.05) is 20.8 Å². The maximum atomic E-state index is 11.5. The molecule has 0 aliphatic carbocycles. The first kappa shape index (κ1) is 14.7. The Kier molecular flexibility index (Phi) is 5.85. The molecule has 0 bridgehead atoms. The molecule has 0 spiro atoms. The number of carboxylic acid groups (broad SMARTS) is 1. The molecular formula is C11H22N2O3. The van der Waals surface area contributed by atoms with E-state index in [9.17, 15) is 9.59 Å². The molecule has 0 aromatic carbocycles. The molecular weight excluding hydrogens is 208 g/mol. The molecule has 1 atom stereocenters. The van der Waals surface area contributed by atoms with Gasteiger partial charge in [0.05, 0.1) is 0 Å². The quantitative estimate of drug-likeness (QED) is 0.648. The minimum absolute atomic E-state index is 0.341. The molecule has 3 N–H and O–H groups in total. The second-order valence-electron chi connectivity index (χ2n) is 4.62. The number of amides is 2. The number of urea groups is 1. The van der Waals surface area contributed by atoms with E-state index in [1.165, 1.54) is 6.92 Å². The van der Waals surface area contributed by atoms with Gasteiger partial charge in [0.25, 0.3) is 0 Å². The summed E-state index contributed by atoms with van der Waals surface area (Å²) in [5, 5.41) is 14.2. The highest BCUT2D eigenvalue weighted by molar-refractivity contribution is 5.85. The molecule has 0 heterocycles. The average Bonchev–Trinajstić information content (AvgIpc) is 2.14. The van der Waals surface area contributed by atoms with Crippen LogP contribution in [0, 0.1) is 5.92 Å².